The number of ketones is 1. The molecule has 0 aliphatic heterocycles. The fraction of sp³-hybridized carbons (Fsp3) is 0.273. The molecule has 1 heterocycles. The number of aromatic nitrogens is 1. The third-order valence-electron chi connectivity index (χ3n) is 4.71. The third-order valence-corrected chi connectivity index (χ3v) is 4.71. The molecule has 3 rings (SSSR count). The Morgan fingerprint density at radius 1 is 1.19 bits per heavy atom. The Balaban J connectivity index is 2.18. The number of fused-ring (bicyclic) bond motifs is 1. The van der Waals surface area contributed by atoms with Crippen LogP contribution in [0.1, 0.15) is 42.7 Å². The lowest BCUT2D eigenvalue weighted by atomic mass is 10.1. The maximum atomic E-state index is 14.8. The van der Waals surface area contributed by atoms with E-state index in [0.717, 1.165) is 5.56 Å². The van der Waals surface area contributed by atoms with Gasteiger partial charge in [-0.3, -0.25) is 9.59 Å². The van der Waals surface area contributed by atoms with Gasteiger partial charge < -0.3 is 9.47 Å². The van der Waals surface area contributed by atoms with Crippen molar-refractivity contribution < 1.29 is 9.18 Å². The molecule has 3 aromatic rings. The van der Waals surface area contributed by atoms with E-state index in [1.165, 1.54) is 13.0 Å². The van der Waals surface area contributed by atoms with Crippen molar-refractivity contribution in [2.75, 3.05) is 11.9 Å². The smallest absolute Gasteiger partial charge is 0.200 e. The Labute approximate surface area is 157 Å². The van der Waals surface area contributed by atoms with Crippen LogP contribution in [0.4, 0.5) is 10.1 Å². The number of Topliss-reactive ketones (excluding diaryl/α,β-unsaturated/α-hetero) is 1. The minimum absolute atomic E-state index is 0.0175. The summed E-state index contributed by atoms with van der Waals surface area (Å²) in [6.07, 6.45) is 1.58. The second-order valence-corrected chi connectivity index (χ2v) is 7.09. The summed E-state index contributed by atoms with van der Waals surface area (Å²) in [7, 11) is 1.82. The molecule has 0 amide bonds. The Morgan fingerprint density at radius 3 is 2.44 bits per heavy atom. The lowest BCUT2D eigenvalue weighted by Crippen LogP contribution is -2.21. The van der Waals surface area contributed by atoms with Gasteiger partial charge in [0, 0.05) is 31.2 Å². The number of carbonyl (C=O) groups excluding carboxylic acids is 1. The van der Waals surface area contributed by atoms with Gasteiger partial charge in [0.25, 0.3) is 0 Å². The highest BCUT2D eigenvalue weighted by Crippen LogP contribution is 2.27. The first-order chi connectivity index (χ1) is 12.8. The predicted molar refractivity (Wildman–Crippen MR) is 107 cm³/mol. The van der Waals surface area contributed by atoms with Crippen molar-refractivity contribution in [3.05, 3.63) is 75.8 Å². The Bertz CT molecular complexity index is 1060. The molecule has 0 saturated carbocycles. The molecule has 5 heteroatoms. The van der Waals surface area contributed by atoms with Crippen molar-refractivity contribution in [2.45, 2.75) is 33.4 Å². The Kier molecular flexibility index (Phi) is 5.13. The molecule has 4 nitrogen and oxygen atoms in total. The number of anilines is 1. The highest BCUT2D eigenvalue weighted by molar-refractivity contribution is 5.97. The summed E-state index contributed by atoms with van der Waals surface area (Å²) in [5.74, 6) is -0.795. The number of rotatable bonds is 5. The second kappa shape index (κ2) is 7.35. The summed E-state index contributed by atoms with van der Waals surface area (Å²) in [4.78, 5) is 26.3. The monoisotopic (exact) mass is 366 g/mol. The van der Waals surface area contributed by atoms with Crippen molar-refractivity contribution in [1.82, 2.24) is 4.57 Å². The lowest BCUT2D eigenvalue weighted by molar-refractivity contribution is 0.101. The van der Waals surface area contributed by atoms with Gasteiger partial charge in [0.05, 0.1) is 16.8 Å². The van der Waals surface area contributed by atoms with Crippen LogP contribution in [-0.2, 0) is 6.54 Å². The van der Waals surface area contributed by atoms with Crippen molar-refractivity contribution in [3.8, 4) is 0 Å². The number of pyridine rings is 1. The van der Waals surface area contributed by atoms with Crippen LogP contribution in [0.3, 0.4) is 0 Å². The quantitative estimate of drug-likeness (QED) is 0.622. The van der Waals surface area contributed by atoms with Gasteiger partial charge in [0.2, 0.25) is 0 Å². The van der Waals surface area contributed by atoms with Gasteiger partial charge in [-0.25, -0.2) is 4.39 Å². The van der Waals surface area contributed by atoms with Crippen LogP contribution in [0.25, 0.3) is 10.9 Å². The standard InChI is InChI=1S/C22H23FN2O2/c1-14(2)25-13-18(15(3)26)22(27)17-10-19(23)21(11-20(17)25)24(4)12-16-8-6-5-7-9-16/h5-11,13-14H,12H2,1-4H3. The molecule has 0 spiro atoms. The summed E-state index contributed by atoms with van der Waals surface area (Å²) in [5.41, 5.74) is 1.76. The molecule has 0 atom stereocenters. The lowest BCUT2D eigenvalue weighted by Gasteiger charge is -2.23. The van der Waals surface area contributed by atoms with E-state index in [-0.39, 0.29) is 22.8 Å². The largest absolute Gasteiger partial charge is 0.368 e. The van der Waals surface area contributed by atoms with E-state index in [1.807, 2.05) is 60.7 Å². The van der Waals surface area contributed by atoms with E-state index in [0.29, 0.717) is 17.7 Å². The molecule has 140 valence electrons. The summed E-state index contributed by atoms with van der Waals surface area (Å²) >= 11 is 0. The zero-order chi connectivity index (χ0) is 19.7. The van der Waals surface area contributed by atoms with Gasteiger partial charge in [0.15, 0.2) is 11.2 Å². The van der Waals surface area contributed by atoms with Crippen LogP contribution in [0.2, 0.25) is 0 Å². The molecule has 0 bridgehead atoms. The average molecular weight is 366 g/mol. The average Bonchev–Trinajstić information content (AvgIpc) is 2.62. The molecule has 1 aromatic heterocycles. The van der Waals surface area contributed by atoms with Gasteiger partial charge in [-0.05, 0) is 38.5 Å². The summed E-state index contributed by atoms with van der Waals surface area (Å²) in [5, 5.41) is 0.228. The molecule has 0 aliphatic rings. The Hall–Kier alpha value is -2.95. The molecule has 0 radical (unpaired) electrons. The van der Waals surface area contributed by atoms with Gasteiger partial charge in [-0.2, -0.15) is 0 Å². The van der Waals surface area contributed by atoms with E-state index in [2.05, 4.69) is 0 Å². The first-order valence-corrected chi connectivity index (χ1v) is 8.94. The summed E-state index contributed by atoms with van der Waals surface area (Å²) < 4.78 is 16.7. The number of hydrogen-bond acceptors (Lipinski definition) is 3. The molecular weight excluding hydrogens is 343 g/mol. The zero-order valence-corrected chi connectivity index (χ0v) is 16.0. The van der Waals surface area contributed by atoms with E-state index in [9.17, 15) is 14.0 Å². The number of carbonyl (C=O) groups is 1. The number of hydrogen-bond donors (Lipinski definition) is 0. The molecule has 0 fully saturated rings. The van der Waals surface area contributed by atoms with Gasteiger partial charge in [-0.15, -0.1) is 0 Å². The van der Waals surface area contributed by atoms with Crippen LogP contribution < -0.4 is 10.3 Å². The maximum absolute atomic E-state index is 14.8. The molecule has 0 saturated heterocycles. The van der Waals surface area contributed by atoms with Crippen LogP contribution >= 0.6 is 0 Å². The zero-order valence-electron chi connectivity index (χ0n) is 16.0. The Morgan fingerprint density at radius 2 is 1.85 bits per heavy atom. The van der Waals surface area contributed by atoms with Crippen molar-refractivity contribution in [1.29, 1.82) is 0 Å². The minimum atomic E-state index is -0.478. The summed E-state index contributed by atoms with van der Waals surface area (Å²) in [6.45, 7) is 5.82. The minimum Gasteiger partial charge on any atom is -0.368 e. The van der Waals surface area contributed by atoms with Crippen LogP contribution in [0.15, 0.2) is 53.5 Å². The van der Waals surface area contributed by atoms with Gasteiger partial charge in [0.1, 0.15) is 5.82 Å². The van der Waals surface area contributed by atoms with Crippen molar-refractivity contribution in [2.24, 2.45) is 0 Å². The fourth-order valence-electron chi connectivity index (χ4n) is 3.27. The maximum Gasteiger partial charge on any atom is 0.200 e. The van der Waals surface area contributed by atoms with E-state index in [4.69, 9.17) is 0 Å². The highest BCUT2D eigenvalue weighted by Gasteiger charge is 2.18. The molecular formula is C22H23FN2O2. The van der Waals surface area contributed by atoms with Crippen molar-refractivity contribution in [3.63, 3.8) is 0 Å². The number of halogens is 1. The first kappa shape index (κ1) is 18.8. The number of nitrogens with zero attached hydrogens (tertiary/aromatic N) is 2. The SMILES string of the molecule is CC(=O)c1cn(C(C)C)c2cc(N(C)Cc3ccccc3)c(F)cc2c1=O. The fourth-order valence-corrected chi connectivity index (χ4v) is 3.27. The molecule has 0 unspecified atom stereocenters. The highest BCUT2D eigenvalue weighted by atomic mass is 19.1. The van der Waals surface area contributed by atoms with Crippen LogP contribution in [0.5, 0.6) is 0 Å². The topological polar surface area (TPSA) is 42.3 Å². The van der Waals surface area contributed by atoms with Crippen LogP contribution in [0, 0.1) is 5.82 Å². The van der Waals surface area contributed by atoms with Crippen molar-refractivity contribution >= 4 is 22.4 Å². The normalized spacial score (nSPS) is 11.2. The molecule has 0 aliphatic carbocycles. The van der Waals surface area contributed by atoms with E-state index < -0.39 is 11.2 Å². The van der Waals surface area contributed by atoms with E-state index >= 15 is 0 Å². The predicted octanol–water partition coefficient (Wildman–Crippen LogP) is 4.56. The van der Waals surface area contributed by atoms with Crippen LogP contribution in [-0.4, -0.2) is 17.4 Å². The molecule has 0 N–H and O–H groups in total. The molecule has 27 heavy (non-hydrogen) atoms. The number of benzene rings is 2. The second-order valence-electron chi connectivity index (χ2n) is 7.09. The third kappa shape index (κ3) is 3.63. The van der Waals surface area contributed by atoms with E-state index in [1.54, 1.807) is 12.3 Å². The molecule has 2 aromatic carbocycles. The van der Waals surface area contributed by atoms with Gasteiger partial charge >= 0.3 is 0 Å². The summed E-state index contributed by atoms with van der Waals surface area (Å²) in [6, 6.07) is 12.8. The first-order valence-electron chi connectivity index (χ1n) is 8.94. The van der Waals surface area contributed by atoms with Gasteiger partial charge in [-0.1, -0.05) is 30.3 Å².